The van der Waals surface area contributed by atoms with Crippen LogP contribution in [0.4, 0.5) is 13.2 Å². The topological polar surface area (TPSA) is 66.5 Å². The molecule has 0 spiro atoms. The molecular weight excluding hydrogens is 381 g/mol. The molecule has 3 rings (SSSR count). The van der Waals surface area contributed by atoms with E-state index in [1.165, 1.54) is 28.6 Å². The fraction of sp³-hybridized carbons (Fsp3) is 0.278. The molecule has 5 nitrogen and oxygen atoms in total. The van der Waals surface area contributed by atoms with Crippen LogP contribution in [0.15, 0.2) is 41.3 Å². The molecule has 0 atom stereocenters. The van der Waals surface area contributed by atoms with E-state index < -0.39 is 38.9 Å². The molecule has 27 heavy (non-hydrogen) atoms. The Morgan fingerprint density at radius 3 is 2.22 bits per heavy atom. The molecule has 1 aliphatic heterocycles. The Balaban J connectivity index is 1.67. The van der Waals surface area contributed by atoms with Crippen molar-refractivity contribution in [2.75, 3.05) is 13.1 Å². The molecule has 0 saturated carbocycles. The summed E-state index contributed by atoms with van der Waals surface area (Å²) in [5, 5.41) is 2.39. The van der Waals surface area contributed by atoms with Crippen molar-refractivity contribution in [3.8, 4) is 0 Å². The van der Waals surface area contributed by atoms with Crippen LogP contribution in [-0.2, 0) is 16.6 Å². The van der Waals surface area contributed by atoms with Gasteiger partial charge in [-0.3, -0.25) is 4.79 Å². The highest BCUT2D eigenvalue weighted by atomic mass is 32.2. The van der Waals surface area contributed by atoms with Gasteiger partial charge in [0.25, 0.3) is 5.91 Å². The van der Waals surface area contributed by atoms with E-state index in [1.807, 2.05) is 0 Å². The number of benzene rings is 2. The lowest BCUT2D eigenvalue weighted by Crippen LogP contribution is -2.28. The predicted octanol–water partition coefficient (Wildman–Crippen LogP) is 2.82. The molecule has 1 aliphatic rings. The van der Waals surface area contributed by atoms with Gasteiger partial charge >= 0.3 is 0 Å². The van der Waals surface area contributed by atoms with Gasteiger partial charge in [0.15, 0.2) is 17.5 Å². The van der Waals surface area contributed by atoms with Gasteiger partial charge in [-0.1, -0.05) is 12.1 Å². The van der Waals surface area contributed by atoms with Crippen molar-refractivity contribution >= 4 is 15.9 Å². The van der Waals surface area contributed by atoms with E-state index >= 15 is 0 Å². The number of rotatable bonds is 5. The number of carbonyl (C=O) groups excluding carboxylic acids is 1. The summed E-state index contributed by atoms with van der Waals surface area (Å²) in [5.74, 6) is -5.54. The van der Waals surface area contributed by atoms with Gasteiger partial charge in [-0.15, -0.1) is 0 Å². The highest BCUT2D eigenvalue weighted by molar-refractivity contribution is 7.89. The highest BCUT2D eigenvalue weighted by Crippen LogP contribution is 2.21. The molecule has 0 radical (unpaired) electrons. The summed E-state index contributed by atoms with van der Waals surface area (Å²) in [6.07, 6.45) is 1.67. The molecule has 1 fully saturated rings. The molecule has 0 aromatic heterocycles. The van der Waals surface area contributed by atoms with Gasteiger partial charge in [0.1, 0.15) is 0 Å². The number of nitrogens with one attached hydrogen (secondary N) is 1. The van der Waals surface area contributed by atoms with E-state index in [0.717, 1.165) is 18.9 Å². The van der Waals surface area contributed by atoms with Crippen LogP contribution in [0.2, 0.25) is 0 Å². The third kappa shape index (κ3) is 3.98. The average Bonchev–Trinajstić information content (AvgIpc) is 3.20. The summed E-state index contributed by atoms with van der Waals surface area (Å²) in [6.45, 7) is 0.973. The van der Waals surface area contributed by atoms with E-state index in [2.05, 4.69) is 5.32 Å². The Bertz CT molecular complexity index is 957. The summed E-state index contributed by atoms with van der Waals surface area (Å²) in [6, 6.07) is 7.47. The van der Waals surface area contributed by atoms with Crippen LogP contribution in [0.3, 0.4) is 0 Å². The van der Waals surface area contributed by atoms with Crippen molar-refractivity contribution in [1.29, 1.82) is 0 Å². The van der Waals surface area contributed by atoms with Gasteiger partial charge in [-0.05, 0) is 42.7 Å². The van der Waals surface area contributed by atoms with E-state index in [1.54, 1.807) is 0 Å². The first-order chi connectivity index (χ1) is 12.8. The summed E-state index contributed by atoms with van der Waals surface area (Å²) in [7, 11) is -3.52. The lowest BCUT2D eigenvalue weighted by Gasteiger charge is -2.15. The fourth-order valence-corrected chi connectivity index (χ4v) is 4.35. The molecule has 2 aromatic rings. The lowest BCUT2D eigenvalue weighted by molar-refractivity contribution is 0.0945. The molecule has 144 valence electrons. The zero-order valence-corrected chi connectivity index (χ0v) is 15.0. The Hall–Kier alpha value is -2.39. The molecule has 2 aromatic carbocycles. The predicted molar refractivity (Wildman–Crippen MR) is 91.9 cm³/mol. The monoisotopic (exact) mass is 398 g/mol. The van der Waals surface area contributed by atoms with E-state index in [-0.39, 0.29) is 11.4 Å². The third-order valence-corrected chi connectivity index (χ3v) is 6.27. The third-order valence-electron chi connectivity index (χ3n) is 4.36. The van der Waals surface area contributed by atoms with Crippen LogP contribution in [0, 0.1) is 17.5 Å². The van der Waals surface area contributed by atoms with Crippen molar-refractivity contribution in [2.45, 2.75) is 24.3 Å². The first-order valence-electron chi connectivity index (χ1n) is 8.31. The SMILES string of the molecule is O=C(NCc1ccc(S(=O)(=O)N2CCCC2)cc1)c1ccc(F)c(F)c1F. The second kappa shape index (κ2) is 7.69. The Morgan fingerprint density at radius 2 is 1.59 bits per heavy atom. The lowest BCUT2D eigenvalue weighted by atomic mass is 10.1. The molecule has 0 unspecified atom stereocenters. The molecular formula is C18H17F3N2O3S. The Kier molecular flexibility index (Phi) is 5.52. The smallest absolute Gasteiger partial charge is 0.254 e. The van der Waals surface area contributed by atoms with Crippen LogP contribution in [0.25, 0.3) is 0 Å². The summed E-state index contributed by atoms with van der Waals surface area (Å²) >= 11 is 0. The second-order valence-corrected chi connectivity index (χ2v) is 8.10. The largest absolute Gasteiger partial charge is 0.348 e. The van der Waals surface area contributed by atoms with Crippen LogP contribution >= 0.6 is 0 Å². The van der Waals surface area contributed by atoms with E-state index in [4.69, 9.17) is 0 Å². The molecule has 1 N–H and O–H groups in total. The average molecular weight is 398 g/mol. The zero-order valence-electron chi connectivity index (χ0n) is 14.2. The number of carbonyl (C=O) groups is 1. The quantitative estimate of drug-likeness (QED) is 0.788. The number of nitrogens with zero attached hydrogens (tertiary/aromatic N) is 1. The normalized spacial score (nSPS) is 15.1. The first kappa shape index (κ1) is 19.4. The number of hydrogen-bond acceptors (Lipinski definition) is 3. The minimum Gasteiger partial charge on any atom is -0.348 e. The number of amides is 1. The van der Waals surface area contributed by atoms with Crippen molar-refractivity contribution in [2.24, 2.45) is 0 Å². The minimum atomic E-state index is -3.52. The standard InChI is InChI=1S/C18H17F3N2O3S/c19-15-8-7-14(16(20)17(15)21)18(24)22-11-12-3-5-13(6-4-12)27(25,26)23-9-1-2-10-23/h3-8H,1-2,9-11H2,(H,22,24). The van der Waals surface area contributed by atoms with Gasteiger partial charge < -0.3 is 5.32 Å². The highest BCUT2D eigenvalue weighted by Gasteiger charge is 2.27. The number of sulfonamides is 1. The van der Waals surface area contributed by atoms with Crippen LogP contribution < -0.4 is 5.32 Å². The Morgan fingerprint density at radius 1 is 0.963 bits per heavy atom. The van der Waals surface area contributed by atoms with Crippen molar-refractivity contribution in [3.05, 3.63) is 65.0 Å². The van der Waals surface area contributed by atoms with Crippen molar-refractivity contribution < 1.29 is 26.4 Å². The van der Waals surface area contributed by atoms with Gasteiger partial charge in [0.05, 0.1) is 10.5 Å². The number of hydrogen-bond donors (Lipinski definition) is 1. The Labute approximate surface area is 154 Å². The molecule has 0 aliphatic carbocycles. The molecule has 9 heteroatoms. The van der Waals surface area contributed by atoms with Crippen LogP contribution in [-0.4, -0.2) is 31.7 Å². The molecule has 1 saturated heterocycles. The summed E-state index contributed by atoms with van der Waals surface area (Å²) in [4.78, 5) is 12.1. The molecule has 1 amide bonds. The van der Waals surface area contributed by atoms with Gasteiger partial charge in [-0.25, -0.2) is 21.6 Å². The second-order valence-electron chi connectivity index (χ2n) is 6.16. The zero-order chi connectivity index (χ0) is 19.6. The maximum absolute atomic E-state index is 13.6. The van der Waals surface area contributed by atoms with Gasteiger partial charge in [-0.2, -0.15) is 4.31 Å². The fourth-order valence-electron chi connectivity index (χ4n) is 2.84. The van der Waals surface area contributed by atoms with Gasteiger partial charge in [0, 0.05) is 19.6 Å². The minimum absolute atomic E-state index is 0.0265. The van der Waals surface area contributed by atoms with Gasteiger partial charge in [0.2, 0.25) is 10.0 Å². The summed E-state index contributed by atoms with van der Waals surface area (Å²) in [5.41, 5.74) is -0.0335. The van der Waals surface area contributed by atoms with E-state index in [9.17, 15) is 26.4 Å². The van der Waals surface area contributed by atoms with Crippen LogP contribution in [0.1, 0.15) is 28.8 Å². The van der Waals surface area contributed by atoms with Crippen molar-refractivity contribution in [1.82, 2.24) is 9.62 Å². The maximum Gasteiger partial charge on any atom is 0.254 e. The maximum atomic E-state index is 13.6. The van der Waals surface area contributed by atoms with Crippen molar-refractivity contribution in [3.63, 3.8) is 0 Å². The molecule has 1 heterocycles. The van der Waals surface area contributed by atoms with E-state index in [0.29, 0.717) is 24.7 Å². The number of halogens is 3. The first-order valence-corrected chi connectivity index (χ1v) is 9.75. The van der Waals surface area contributed by atoms with Crippen LogP contribution in [0.5, 0.6) is 0 Å². The summed E-state index contributed by atoms with van der Waals surface area (Å²) < 4.78 is 66.1. The molecule has 0 bridgehead atoms.